The van der Waals surface area contributed by atoms with Crippen molar-refractivity contribution < 1.29 is 9.53 Å². The minimum atomic E-state index is 0.0663. The van der Waals surface area contributed by atoms with Gasteiger partial charge in [-0.15, -0.1) is 0 Å². The lowest BCUT2D eigenvalue weighted by Gasteiger charge is -2.34. The Balaban J connectivity index is 1.40. The quantitative estimate of drug-likeness (QED) is 0.841. The Morgan fingerprint density at radius 1 is 1.25 bits per heavy atom. The Labute approximate surface area is 144 Å². The summed E-state index contributed by atoms with van der Waals surface area (Å²) in [5, 5.41) is 6.60. The second kappa shape index (κ2) is 8.49. The summed E-state index contributed by atoms with van der Waals surface area (Å²) in [5.74, 6) is 1.69. The lowest BCUT2D eigenvalue weighted by atomic mass is 9.88. The largest absolute Gasteiger partial charge is 0.494 e. The average molecular weight is 331 g/mol. The number of carbonyl (C=O) groups is 1. The fourth-order valence-electron chi connectivity index (χ4n) is 3.83. The molecule has 0 aliphatic carbocycles. The molecule has 3 rings (SSSR count). The van der Waals surface area contributed by atoms with Crippen LogP contribution in [0.15, 0.2) is 24.3 Å². The maximum Gasteiger partial charge on any atom is 0.238 e. The Kier molecular flexibility index (Phi) is 6.10. The fourth-order valence-corrected chi connectivity index (χ4v) is 3.83. The van der Waals surface area contributed by atoms with Crippen LogP contribution in [0, 0.1) is 5.92 Å². The van der Waals surface area contributed by atoms with Gasteiger partial charge in [-0.3, -0.25) is 9.69 Å². The molecule has 1 amide bonds. The topological polar surface area (TPSA) is 53.6 Å². The van der Waals surface area contributed by atoms with Crippen LogP contribution in [0.2, 0.25) is 0 Å². The van der Waals surface area contributed by atoms with Gasteiger partial charge in [0.2, 0.25) is 5.91 Å². The van der Waals surface area contributed by atoms with E-state index in [1.54, 1.807) is 0 Å². The molecule has 1 unspecified atom stereocenters. The number of amides is 1. The molecule has 132 valence electrons. The fraction of sp³-hybridized carbons (Fsp3) is 0.632. The van der Waals surface area contributed by atoms with E-state index in [9.17, 15) is 4.79 Å². The Hall–Kier alpha value is -1.59. The van der Waals surface area contributed by atoms with Gasteiger partial charge in [0, 0.05) is 11.7 Å². The van der Waals surface area contributed by atoms with Crippen LogP contribution in [0.4, 0.5) is 5.69 Å². The third kappa shape index (κ3) is 4.71. The van der Waals surface area contributed by atoms with Crippen LogP contribution in [0.3, 0.4) is 0 Å². The van der Waals surface area contributed by atoms with Crippen LogP contribution in [0.1, 0.15) is 32.6 Å². The van der Waals surface area contributed by atoms with E-state index in [0.29, 0.717) is 19.2 Å². The van der Waals surface area contributed by atoms with Gasteiger partial charge in [-0.1, -0.05) is 0 Å². The number of benzene rings is 1. The summed E-state index contributed by atoms with van der Waals surface area (Å²) in [6.07, 6.45) is 5.04. The van der Waals surface area contributed by atoms with Gasteiger partial charge in [0.1, 0.15) is 5.75 Å². The molecule has 1 atom stereocenters. The third-order valence-electron chi connectivity index (χ3n) is 5.12. The van der Waals surface area contributed by atoms with Gasteiger partial charge in [-0.2, -0.15) is 0 Å². The number of nitrogens with zero attached hydrogens (tertiary/aromatic N) is 1. The number of rotatable bonds is 6. The predicted molar refractivity (Wildman–Crippen MR) is 96.4 cm³/mol. The summed E-state index contributed by atoms with van der Waals surface area (Å²) in [4.78, 5) is 14.5. The van der Waals surface area contributed by atoms with Crippen molar-refractivity contribution in [3.63, 3.8) is 0 Å². The van der Waals surface area contributed by atoms with E-state index in [1.807, 2.05) is 31.2 Å². The van der Waals surface area contributed by atoms with Gasteiger partial charge in [-0.05, 0) is 82.4 Å². The normalized spacial score (nSPS) is 22.5. The smallest absolute Gasteiger partial charge is 0.238 e. The zero-order valence-electron chi connectivity index (χ0n) is 14.6. The van der Waals surface area contributed by atoms with E-state index in [0.717, 1.165) is 30.4 Å². The maximum atomic E-state index is 12.2. The first-order valence-electron chi connectivity index (χ1n) is 9.23. The molecular weight excluding hydrogens is 302 g/mol. The highest BCUT2D eigenvalue weighted by Crippen LogP contribution is 2.25. The number of likely N-dealkylation sites (tertiary alicyclic amines) is 1. The van der Waals surface area contributed by atoms with E-state index >= 15 is 0 Å². The monoisotopic (exact) mass is 331 g/mol. The van der Waals surface area contributed by atoms with Crippen LogP contribution in [0.5, 0.6) is 5.75 Å². The number of hydrogen-bond donors (Lipinski definition) is 2. The van der Waals surface area contributed by atoms with E-state index in [-0.39, 0.29) is 5.91 Å². The average Bonchev–Trinajstić information content (AvgIpc) is 3.12. The van der Waals surface area contributed by atoms with Gasteiger partial charge in [0.25, 0.3) is 0 Å². The van der Waals surface area contributed by atoms with Crippen molar-refractivity contribution in [2.24, 2.45) is 5.92 Å². The van der Waals surface area contributed by atoms with Crippen molar-refractivity contribution in [2.75, 3.05) is 38.1 Å². The summed E-state index contributed by atoms with van der Waals surface area (Å²) in [6.45, 7) is 6.33. The van der Waals surface area contributed by atoms with Gasteiger partial charge < -0.3 is 15.4 Å². The first-order chi connectivity index (χ1) is 11.7. The SMILES string of the molecule is CCOc1ccc(NC(=O)CN2CCC(C3CCCN3)CC2)cc1. The summed E-state index contributed by atoms with van der Waals surface area (Å²) in [6, 6.07) is 8.27. The highest BCUT2D eigenvalue weighted by Gasteiger charge is 2.28. The second-order valence-corrected chi connectivity index (χ2v) is 6.82. The van der Waals surface area contributed by atoms with Crippen LogP contribution >= 0.6 is 0 Å². The molecule has 24 heavy (non-hydrogen) atoms. The van der Waals surface area contributed by atoms with Crippen LogP contribution in [0.25, 0.3) is 0 Å². The second-order valence-electron chi connectivity index (χ2n) is 6.82. The number of carbonyl (C=O) groups excluding carboxylic acids is 1. The number of hydrogen-bond acceptors (Lipinski definition) is 4. The van der Waals surface area contributed by atoms with E-state index < -0.39 is 0 Å². The Morgan fingerprint density at radius 2 is 2.00 bits per heavy atom. The van der Waals surface area contributed by atoms with Gasteiger partial charge in [-0.25, -0.2) is 0 Å². The molecule has 0 bridgehead atoms. The lowest BCUT2D eigenvalue weighted by molar-refractivity contribution is -0.117. The van der Waals surface area contributed by atoms with Gasteiger partial charge in [0.15, 0.2) is 0 Å². The van der Waals surface area contributed by atoms with E-state index in [1.165, 1.54) is 32.2 Å². The molecule has 2 N–H and O–H groups in total. The molecule has 1 aromatic rings. The summed E-state index contributed by atoms with van der Waals surface area (Å²) in [5.41, 5.74) is 0.827. The van der Waals surface area contributed by atoms with Crippen molar-refractivity contribution in [1.29, 1.82) is 0 Å². The zero-order chi connectivity index (χ0) is 16.8. The summed E-state index contributed by atoms with van der Waals surface area (Å²) in [7, 11) is 0. The molecular formula is C19H29N3O2. The van der Waals surface area contributed by atoms with E-state index in [4.69, 9.17) is 4.74 Å². The van der Waals surface area contributed by atoms with E-state index in [2.05, 4.69) is 15.5 Å². The molecule has 2 fully saturated rings. The maximum absolute atomic E-state index is 12.2. The minimum Gasteiger partial charge on any atom is -0.494 e. The predicted octanol–water partition coefficient (Wildman–Crippen LogP) is 2.49. The van der Waals surface area contributed by atoms with Crippen LogP contribution in [-0.4, -0.2) is 49.6 Å². The van der Waals surface area contributed by atoms with Crippen molar-refractivity contribution in [2.45, 2.75) is 38.6 Å². The van der Waals surface area contributed by atoms with Gasteiger partial charge in [0.05, 0.1) is 13.2 Å². The van der Waals surface area contributed by atoms with Crippen LogP contribution in [-0.2, 0) is 4.79 Å². The molecule has 0 aromatic heterocycles. The van der Waals surface area contributed by atoms with Crippen molar-refractivity contribution >= 4 is 11.6 Å². The number of ether oxygens (including phenoxy) is 1. The number of anilines is 1. The zero-order valence-corrected chi connectivity index (χ0v) is 14.6. The molecule has 0 saturated carbocycles. The molecule has 1 aromatic carbocycles. The molecule has 2 aliphatic rings. The summed E-state index contributed by atoms with van der Waals surface area (Å²) < 4.78 is 5.41. The first-order valence-corrected chi connectivity index (χ1v) is 9.23. The highest BCUT2D eigenvalue weighted by atomic mass is 16.5. The molecule has 5 heteroatoms. The molecule has 5 nitrogen and oxygen atoms in total. The third-order valence-corrected chi connectivity index (χ3v) is 5.12. The van der Waals surface area contributed by atoms with Crippen molar-refractivity contribution in [1.82, 2.24) is 10.2 Å². The molecule has 2 heterocycles. The first kappa shape index (κ1) is 17.2. The standard InChI is InChI=1S/C19H29N3O2/c1-2-24-17-7-5-16(6-8-17)21-19(23)14-22-12-9-15(10-13-22)18-4-3-11-20-18/h5-8,15,18,20H,2-4,9-14H2,1H3,(H,21,23). The molecule has 0 spiro atoms. The highest BCUT2D eigenvalue weighted by molar-refractivity contribution is 5.92. The van der Waals surface area contributed by atoms with Crippen LogP contribution < -0.4 is 15.4 Å². The number of piperidine rings is 1. The Morgan fingerprint density at radius 3 is 2.62 bits per heavy atom. The minimum absolute atomic E-state index is 0.0663. The summed E-state index contributed by atoms with van der Waals surface area (Å²) >= 11 is 0. The molecule has 2 aliphatic heterocycles. The molecule has 2 saturated heterocycles. The Bertz CT molecular complexity index is 518. The van der Waals surface area contributed by atoms with Crippen molar-refractivity contribution in [3.05, 3.63) is 24.3 Å². The molecule has 0 radical (unpaired) electrons. The van der Waals surface area contributed by atoms with Gasteiger partial charge >= 0.3 is 0 Å². The number of nitrogens with one attached hydrogen (secondary N) is 2. The van der Waals surface area contributed by atoms with Crippen molar-refractivity contribution in [3.8, 4) is 5.75 Å². The lowest BCUT2D eigenvalue weighted by Crippen LogP contribution is -2.43.